The van der Waals surface area contributed by atoms with Gasteiger partial charge >= 0.3 is 0 Å². The second-order valence-corrected chi connectivity index (χ2v) is 2.75. The minimum atomic E-state index is -0.0344. The van der Waals surface area contributed by atoms with Crippen LogP contribution < -0.4 is 4.74 Å². The standard InChI is InChI=1S/C10H10O3/c1-12-8-3-2-4-9-10(8)7(5-11)6-13-9/h2-4,6,11H,5H2,1H3. The highest BCUT2D eigenvalue weighted by Crippen LogP contribution is 2.30. The van der Waals surface area contributed by atoms with Crippen LogP contribution >= 0.6 is 0 Å². The van der Waals surface area contributed by atoms with Crippen LogP contribution in [0.2, 0.25) is 0 Å². The summed E-state index contributed by atoms with van der Waals surface area (Å²) in [6.45, 7) is -0.0344. The number of hydrogen-bond acceptors (Lipinski definition) is 3. The molecule has 0 aliphatic heterocycles. The van der Waals surface area contributed by atoms with Crippen molar-refractivity contribution in [3.8, 4) is 5.75 Å². The second kappa shape index (κ2) is 3.11. The number of benzene rings is 1. The van der Waals surface area contributed by atoms with Crippen molar-refractivity contribution >= 4 is 11.0 Å². The molecule has 0 fully saturated rings. The lowest BCUT2D eigenvalue weighted by atomic mass is 10.1. The normalized spacial score (nSPS) is 10.6. The average Bonchev–Trinajstić information content (AvgIpc) is 2.60. The van der Waals surface area contributed by atoms with Crippen molar-refractivity contribution in [2.75, 3.05) is 7.11 Å². The summed E-state index contributed by atoms with van der Waals surface area (Å²) in [5.41, 5.74) is 1.50. The zero-order valence-corrected chi connectivity index (χ0v) is 7.28. The highest BCUT2D eigenvalue weighted by Gasteiger charge is 2.09. The Labute approximate surface area is 75.5 Å². The van der Waals surface area contributed by atoms with Crippen LogP contribution in [0.5, 0.6) is 5.75 Å². The van der Waals surface area contributed by atoms with E-state index in [2.05, 4.69) is 0 Å². The van der Waals surface area contributed by atoms with E-state index in [-0.39, 0.29) is 6.61 Å². The summed E-state index contributed by atoms with van der Waals surface area (Å²) in [6, 6.07) is 5.54. The van der Waals surface area contributed by atoms with Crippen molar-refractivity contribution < 1.29 is 14.3 Å². The molecule has 0 aliphatic rings. The van der Waals surface area contributed by atoms with Crippen LogP contribution in [0.15, 0.2) is 28.9 Å². The van der Waals surface area contributed by atoms with Crippen LogP contribution in [0.4, 0.5) is 0 Å². The maximum absolute atomic E-state index is 9.03. The van der Waals surface area contributed by atoms with Crippen LogP contribution in [-0.4, -0.2) is 12.2 Å². The minimum Gasteiger partial charge on any atom is -0.496 e. The number of furan rings is 1. The van der Waals surface area contributed by atoms with Gasteiger partial charge in [-0.05, 0) is 12.1 Å². The lowest BCUT2D eigenvalue weighted by Gasteiger charge is -2.01. The fourth-order valence-electron chi connectivity index (χ4n) is 1.41. The molecule has 0 spiro atoms. The topological polar surface area (TPSA) is 42.6 Å². The molecule has 1 aromatic carbocycles. The van der Waals surface area contributed by atoms with E-state index in [1.165, 1.54) is 0 Å². The highest BCUT2D eigenvalue weighted by atomic mass is 16.5. The lowest BCUT2D eigenvalue weighted by molar-refractivity contribution is 0.281. The number of aliphatic hydroxyl groups is 1. The van der Waals surface area contributed by atoms with Crippen molar-refractivity contribution in [3.05, 3.63) is 30.0 Å². The molecule has 0 saturated carbocycles. The molecule has 2 rings (SSSR count). The zero-order valence-electron chi connectivity index (χ0n) is 7.28. The van der Waals surface area contributed by atoms with Gasteiger partial charge in [-0.15, -0.1) is 0 Å². The molecule has 3 heteroatoms. The molecule has 0 amide bonds. The molecule has 2 aromatic rings. The van der Waals surface area contributed by atoms with Crippen molar-refractivity contribution in [2.45, 2.75) is 6.61 Å². The number of aliphatic hydroxyl groups excluding tert-OH is 1. The van der Waals surface area contributed by atoms with Gasteiger partial charge in [-0.25, -0.2) is 0 Å². The molecule has 13 heavy (non-hydrogen) atoms. The Kier molecular flexibility index (Phi) is 1.94. The first-order valence-corrected chi connectivity index (χ1v) is 4.00. The first kappa shape index (κ1) is 8.13. The molecule has 1 N–H and O–H groups in total. The SMILES string of the molecule is COc1cccc2occ(CO)c12. The Morgan fingerprint density at radius 3 is 3.00 bits per heavy atom. The van der Waals surface area contributed by atoms with E-state index in [4.69, 9.17) is 14.3 Å². The number of ether oxygens (including phenoxy) is 1. The van der Waals surface area contributed by atoms with Gasteiger partial charge in [-0.2, -0.15) is 0 Å². The molecule has 1 heterocycles. The average molecular weight is 178 g/mol. The Bertz CT molecular complexity index is 417. The third-order valence-electron chi connectivity index (χ3n) is 2.03. The summed E-state index contributed by atoms with van der Waals surface area (Å²) in [5, 5.41) is 9.88. The van der Waals surface area contributed by atoms with Crippen LogP contribution in [0.25, 0.3) is 11.0 Å². The summed E-state index contributed by atoms with van der Waals surface area (Å²) in [5.74, 6) is 0.732. The van der Waals surface area contributed by atoms with Gasteiger partial charge in [0.05, 0.1) is 25.4 Å². The Hall–Kier alpha value is -1.48. The van der Waals surface area contributed by atoms with E-state index < -0.39 is 0 Å². The van der Waals surface area contributed by atoms with Gasteiger partial charge in [-0.3, -0.25) is 0 Å². The fourth-order valence-corrected chi connectivity index (χ4v) is 1.41. The molecule has 0 atom stereocenters. The molecular weight excluding hydrogens is 168 g/mol. The predicted octanol–water partition coefficient (Wildman–Crippen LogP) is 1.93. The van der Waals surface area contributed by atoms with Crippen LogP contribution in [0.1, 0.15) is 5.56 Å². The van der Waals surface area contributed by atoms with Crippen molar-refractivity contribution in [2.24, 2.45) is 0 Å². The first-order chi connectivity index (χ1) is 6.36. The van der Waals surface area contributed by atoms with Gasteiger partial charge in [0.25, 0.3) is 0 Å². The molecule has 1 aromatic heterocycles. The van der Waals surface area contributed by atoms with Gasteiger partial charge in [-0.1, -0.05) is 6.07 Å². The van der Waals surface area contributed by atoms with Crippen LogP contribution in [-0.2, 0) is 6.61 Å². The van der Waals surface area contributed by atoms with Crippen molar-refractivity contribution in [1.82, 2.24) is 0 Å². The number of methoxy groups -OCH3 is 1. The van der Waals surface area contributed by atoms with Gasteiger partial charge in [0, 0.05) is 5.56 Å². The highest BCUT2D eigenvalue weighted by molar-refractivity contribution is 5.87. The minimum absolute atomic E-state index is 0.0344. The number of rotatable bonds is 2. The second-order valence-electron chi connectivity index (χ2n) is 2.75. The molecule has 0 saturated heterocycles. The summed E-state index contributed by atoms with van der Waals surface area (Å²) >= 11 is 0. The third-order valence-corrected chi connectivity index (χ3v) is 2.03. The van der Waals surface area contributed by atoms with Gasteiger partial charge in [0.15, 0.2) is 0 Å². The van der Waals surface area contributed by atoms with E-state index >= 15 is 0 Å². The summed E-state index contributed by atoms with van der Waals surface area (Å²) in [7, 11) is 1.60. The predicted molar refractivity (Wildman–Crippen MR) is 48.7 cm³/mol. The van der Waals surface area contributed by atoms with E-state index in [0.29, 0.717) is 0 Å². The van der Waals surface area contributed by atoms with Crippen molar-refractivity contribution in [1.29, 1.82) is 0 Å². The molecular formula is C10H10O3. The molecule has 3 nitrogen and oxygen atoms in total. The Morgan fingerprint density at radius 1 is 1.46 bits per heavy atom. The molecule has 0 unspecified atom stereocenters. The molecule has 68 valence electrons. The van der Waals surface area contributed by atoms with E-state index in [0.717, 1.165) is 22.3 Å². The van der Waals surface area contributed by atoms with Crippen LogP contribution in [0, 0.1) is 0 Å². The summed E-state index contributed by atoms with van der Waals surface area (Å²) < 4.78 is 10.4. The van der Waals surface area contributed by atoms with E-state index in [1.54, 1.807) is 13.4 Å². The first-order valence-electron chi connectivity index (χ1n) is 4.00. The maximum Gasteiger partial charge on any atom is 0.137 e. The quantitative estimate of drug-likeness (QED) is 0.764. The van der Waals surface area contributed by atoms with Crippen molar-refractivity contribution in [3.63, 3.8) is 0 Å². The van der Waals surface area contributed by atoms with Gasteiger partial charge in [0.2, 0.25) is 0 Å². The number of hydrogen-bond donors (Lipinski definition) is 1. The Morgan fingerprint density at radius 2 is 2.31 bits per heavy atom. The number of fused-ring (bicyclic) bond motifs is 1. The summed E-state index contributed by atoms with van der Waals surface area (Å²) in [6.07, 6.45) is 1.55. The van der Waals surface area contributed by atoms with Gasteiger partial charge in [0.1, 0.15) is 11.3 Å². The maximum atomic E-state index is 9.03. The van der Waals surface area contributed by atoms with Crippen LogP contribution in [0.3, 0.4) is 0 Å². The Balaban J connectivity index is 2.76. The van der Waals surface area contributed by atoms with E-state index in [9.17, 15) is 0 Å². The lowest BCUT2D eigenvalue weighted by Crippen LogP contribution is -1.86. The molecule has 0 bridgehead atoms. The zero-order chi connectivity index (χ0) is 9.26. The molecule has 0 aliphatic carbocycles. The monoisotopic (exact) mass is 178 g/mol. The third kappa shape index (κ3) is 1.17. The largest absolute Gasteiger partial charge is 0.496 e. The van der Waals surface area contributed by atoms with Gasteiger partial charge < -0.3 is 14.3 Å². The summed E-state index contributed by atoms with van der Waals surface area (Å²) in [4.78, 5) is 0. The fraction of sp³-hybridized carbons (Fsp3) is 0.200. The van der Waals surface area contributed by atoms with E-state index in [1.807, 2.05) is 18.2 Å². The molecule has 0 radical (unpaired) electrons. The smallest absolute Gasteiger partial charge is 0.137 e.